The molecule has 1 fully saturated rings. The lowest BCUT2D eigenvalue weighted by molar-refractivity contribution is 0.0941. The van der Waals surface area contributed by atoms with Crippen LogP contribution in [0.5, 0.6) is 0 Å². The van der Waals surface area contributed by atoms with Gasteiger partial charge in [0, 0.05) is 11.4 Å². The molecule has 96 valence electrons. The number of fused-ring (bicyclic) bond motifs is 5. The van der Waals surface area contributed by atoms with Crippen molar-refractivity contribution in [3.8, 4) is 0 Å². The van der Waals surface area contributed by atoms with E-state index < -0.39 is 0 Å². The Morgan fingerprint density at radius 2 is 2.11 bits per heavy atom. The van der Waals surface area contributed by atoms with E-state index in [-0.39, 0.29) is 11.4 Å². The minimum absolute atomic E-state index is 0.167. The topological polar surface area (TPSA) is 32.3 Å². The number of rotatable bonds is 0. The molecule has 3 aliphatic rings. The van der Waals surface area contributed by atoms with Crippen LogP contribution in [0.3, 0.4) is 0 Å². The third-order valence-electron chi connectivity index (χ3n) is 4.00. The Morgan fingerprint density at radius 1 is 1.22 bits per heavy atom. The molecule has 18 heavy (non-hydrogen) atoms. The maximum atomic E-state index is 12.3. The smallest absolute Gasteiger partial charge is 0.256 e. The SMILES string of the molecule is O=C1NC2SCCCN2c2sc3c(c21)CCCC3. The third kappa shape index (κ3) is 1.53. The normalized spacial score (nSPS) is 26.1. The Labute approximate surface area is 115 Å². The molecule has 0 spiro atoms. The van der Waals surface area contributed by atoms with Gasteiger partial charge in [-0.15, -0.1) is 23.1 Å². The number of nitrogens with zero attached hydrogens (tertiary/aromatic N) is 1. The Bertz CT molecular complexity index is 511. The average molecular weight is 280 g/mol. The summed E-state index contributed by atoms with van der Waals surface area (Å²) in [6.45, 7) is 1.09. The molecule has 1 aromatic rings. The van der Waals surface area contributed by atoms with E-state index in [9.17, 15) is 4.79 Å². The minimum Gasteiger partial charge on any atom is -0.334 e. The van der Waals surface area contributed by atoms with Crippen LogP contribution in [0.1, 0.15) is 40.1 Å². The second-order valence-corrected chi connectivity index (χ2v) is 7.41. The van der Waals surface area contributed by atoms with Crippen molar-refractivity contribution in [3.63, 3.8) is 0 Å². The van der Waals surface area contributed by atoms with Gasteiger partial charge >= 0.3 is 0 Å². The summed E-state index contributed by atoms with van der Waals surface area (Å²) in [6, 6.07) is 0. The molecule has 1 amide bonds. The van der Waals surface area contributed by atoms with Crippen molar-refractivity contribution in [3.05, 3.63) is 16.0 Å². The van der Waals surface area contributed by atoms with E-state index in [0.29, 0.717) is 0 Å². The van der Waals surface area contributed by atoms with Gasteiger partial charge in [-0.2, -0.15) is 0 Å². The summed E-state index contributed by atoms with van der Waals surface area (Å²) >= 11 is 3.74. The Morgan fingerprint density at radius 3 is 3.06 bits per heavy atom. The number of hydrogen-bond donors (Lipinski definition) is 1. The van der Waals surface area contributed by atoms with Crippen LogP contribution in [-0.4, -0.2) is 23.7 Å². The fraction of sp³-hybridized carbons (Fsp3) is 0.615. The van der Waals surface area contributed by atoms with Gasteiger partial charge in [-0.3, -0.25) is 4.79 Å². The van der Waals surface area contributed by atoms with Gasteiger partial charge in [0.1, 0.15) is 5.00 Å². The molecule has 1 unspecified atom stereocenters. The molecular formula is C13H16N2OS2. The van der Waals surface area contributed by atoms with Gasteiger partial charge in [-0.25, -0.2) is 0 Å². The molecule has 3 heterocycles. The van der Waals surface area contributed by atoms with Crippen molar-refractivity contribution in [2.75, 3.05) is 17.2 Å². The molecule has 1 atom stereocenters. The molecule has 5 heteroatoms. The van der Waals surface area contributed by atoms with Crippen LogP contribution in [0.15, 0.2) is 0 Å². The van der Waals surface area contributed by atoms with Crippen molar-refractivity contribution in [1.82, 2.24) is 5.32 Å². The van der Waals surface area contributed by atoms with Crippen LogP contribution < -0.4 is 10.2 Å². The number of thioether (sulfide) groups is 1. The standard InChI is InChI=1S/C13H16N2OS2/c16-11-10-8-4-1-2-5-9(8)18-12(10)15-6-3-7-17-13(15)14-11/h13H,1-7H2,(H,14,16). The van der Waals surface area contributed by atoms with Crippen LogP contribution in [0.2, 0.25) is 0 Å². The summed E-state index contributed by atoms with van der Waals surface area (Å²) in [7, 11) is 0. The molecule has 4 rings (SSSR count). The van der Waals surface area contributed by atoms with Crippen molar-refractivity contribution < 1.29 is 4.79 Å². The number of hydrogen-bond acceptors (Lipinski definition) is 4. The predicted molar refractivity (Wildman–Crippen MR) is 76.6 cm³/mol. The summed E-state index contributed by atoms with van der Waals surface area (Å²) in [5.74, 6) is 1.32. The highest BCUT2D eigenvalue weighted by Gasteiger charge is 2.37. The number of anilines is 1. The molecule has 0 bridgehead atoms. The van der Waals surface area contributed by atoms with Crippen LogP contribution >= 0.6 is 23.1 Å². The number of aryl methyl sites for hydroxylation is 1. The van der Waals surface area contributed by atoms with Gasteiger partial charge in [-0.05, 0) is 43.4 Å². The van der Waals surface area contributed by atoms with Crippen molar-refractivity contribution in [1.29, 1.82) is 0 Å². The van der Waals surface area contributed by atoms with Gasteiger partial charge < -0.3 is 10.2 Å². The van der Waals surface area contributed by atoms with E-state index in [1.165, 1.54) is 41.1 Å². The summed E-state index contributed by atoms with van der Waals surface area (Å²) in [5, 5.41) is 4.42. The summed E-state index contributed by atoms with van der Waals surface area (Å²) in [6.07, 6.45) is 6.01. The van der Waals surface area contributed by atoms with Gasteiger partial charge in [0.2, 0.25) is 0 Å². The highest BCUT2D eigenvalue weighted by Crippen LogP contribution is 2.44. The molecule has 2 aliphatic heterocycles. The number of carbonyl (C=O) groups excluding carboxylic acids is 1. The van der Waals surface area contributed by atoms with Gasteiger partial charge in [-0.1, -0.05) is 0 Å². The number of thiophene rings is 1. The highest BCUT2D eigenvalue weighted by atomic mass is 32.2. The molecular weight excluding hydrogens is 264 g/mol. The zero-order valence-corrected chi connectivity index (χ0v) is 11.8. The first-order chi connectivity index (χ1) is 8.84. The van der Waals surface area contributed by atoms with Crippen LogP contribution in [-0.2, 0) is 12.8 Å². The second-order valence-electron chi connectivity index (χ2n) is 5.13. The summed E-state index contributed by atoms with van der Waals surface area (Å²) < 4.78 is 0. The van der Waals surface area contributed by atoms with Crippen LogP contribution in [0, 0.1) is 0 Å². The molecule has 1 aromatic heterocycles. The van der Waals surface area contributed by atoms with E-state index in [0.717, 1.165) is 24.3 Å². The lowest BCUT2D eigenvalue weighted by atomic mass is 9.94. The lowest BCUT2D eigenvalue weighted by Gasteiger charge is -2.39. The zero-order chi connectivity index (χ0) is 12.1. The summed E-state index contributed by atoms with van der Waals surface area (Å²) in [5.41, 5.74) is 2.54. The van der Waals surface area contributed by atoms with Crippen molar-refractivity contribution in [2.24, 2.45) is 0 Å². The Balaban J connectivity index is 1.84. The van der Waals surface area contributed by atoms with E-state index in [4.69, 9.17) is 0 Å². The molecule has 1 saturated heterocycles. The first-order valence-electron chi connectivity index (χ1n) is 6.68. The van der Waals surface area contributed by atoms with Gasteiger partial charge in [0.15, 0.2) is 5.50 Å². The van der Waals surface area contributed by atoms with Crippen LogP contribution in [0.25, 0.3) is 0 Å². The van der Waals surface area contributed by atoms with E-state index >= 15 is 0 Å². The fourth-order valence-corrected chi connectivity index (χ4v) is 5.74. The third-order valence-corrected chi connectivity index (χ3v) is 6.54. The predicted octanol–water partition coefficient (Wildman–Crippen LogP) is 2.60. The maximum Gasteiger partial charge on any atom is 0.256 e. The van der Waals surface area contributed by atoms with Crippen molar-refractivity contribution >= 4 is 34.0 Å². The number of nitrogens with one attached hydrogen (secondary N) is 1. The maximum absolute atomic E-state index is 12.3. The highest BCUT2D eigenvalue weighted by molar-refractivity contribution is 8.00. The second kappa shape index (κ2) is 4.17. The van der Waals surface area contributed by atoms with E-state index in [1.54, 1.807) is 0 Å². The fourth-order valence-electron chi connectivity index (χ4n) is 3.14. The van der Waals surface area contributed by atoms with Gasteiger partial charge in [0.05, 0.1) is 5.56 Å². The average Bonchev–Trinajstić information content (AvgIpc) is 2.79. The molecule has 1 aliphatic carbocycles. The molecule has 0 radical (unpaired) electrons. The minimum atomic E-state index is 0.167. The van der Waals surface area contributed by atoms with Crippen molar-refractivity contribution in [2.45, 2.75) is 37.6 Å². The summed E-state index contributed by atoms with van der Waals surface area (Å²) in [4.78, 5) is 16.2. The Hall–Kier alpha value is -0.680. The first-order valence-corrected chi connectivity index (χ1v) is 8.55. The Kier molecular flexibility index (Phi) is 2.59. The quantitative estimate of drug-likeness (QED) is 0.793. The monoisotopic (exact) mass is 280 g/mol. The largest absolute Gasteiger partial charge is 0.334 e. The number of carbonyl (C=O) groups is 1. The van der Waals surface area contributed by atoms with E-state index in [1.807, 2.05) is 23.1 Å². The first kappa shape index (κ1) is 11.2. The van der Waals surface area contributed by atoms with Crippen LogP contribution in [0.4, 0.5) is 5.00 Å². The molecule has 3 nitrogen and oxygen atoms in total. The zero-order valence-electron chi connectivity index (χ0n) is 10.2. The number of amides is 1. The van der Waals surface area contributed by atoms with Gasteiger partial charge in [0.25, 0.3) is 5.91 Å². The lowest BCUT2D eigenvalue weighted by Crippen LogP contribution is -2.53. The molecule has 0 aromatic carbocycles. The molecule has 1 N–H and O–H groups in total. The molecule has 0 saturated carbocycles. The van der Waals surface area contributed by atoms with E-state index in [2.05, 4.69) is 10.2 Å².